The molecule has 2 aromatic rings. The first-order valence-corrected chi connectivity index (χ1v) is 6.50. The summed E-state index contributed by atoms with van der Waals surface area (Å²) in [5, 5.41) is 13.0. The van der Waals surface area contributed by atoms with Crippen molar-refractivity contribution in [2.75, 3.05) is 6.54 Å². The first-order valence-electron chi connectivity index (χ1n) is 6.50. The molecule has 0 saturated heterocycles. The summed E-state index contributed by atoms with van der Waals surface area (Å²) in [7, 11) is 0. The third-order valence-electron chi connectivity index (χ3n) is 3.25. The maximum atomic E-state index is 13.6. The summed E-state index contributed by atoms with van der Waals surface area (Å²) in [4.78, 5) is 0. The molecule has 0 fully saturated rings. The van der Waals surface area contributed by atoms with Gasteiger partial charge in [0.15, 0.2) is 0 Å². The molecule has 2 nitrogen and oxygen atoms in total. The van der Waals surface area contributed by atoms with Gasteiger partial charge in [0.05, 0.1) is 6.10 Å². The Labute approximate surface area is 117 Å². The van der Waals surface area contributed by atoms with Crippen LogP contribution in [0.2, 0.25) is 0 Å². The predicted molar refractivity (Wildman–Crippen MR) is 74.2 cm³/mol. The van der Waals surface area contributed by atoms with E-state index in [1.807, 2.05) is 0 Å². The lowest BCUT2D eigenvalue weighted by Crippen LogP contribution is -2.25. The molecule has 4 heteroatoms. The molecule has 0 amide bonds. The van der Waals surface area contributed by atoms with Gasteiger partial charge in [0.25, 0.3) is 0 Å². The predicted octanol–water partition coefficient (Wildman–Crippen LogP) is 3.35. The van der Waals surface area contributed by atoms with E-state index in [9.17, 15) is 13.9 Å². The molecule has 0 heterocycles. The van der Waals surface area contributed by atoms with E-state index in [4.69, 9.17) is 0 Å². The summed E-state index contributed by atoms with van der Waals surface area (Å²) in [5.41, 5.74) is 0.758. The minimum atomic E-state index is -0.967. The van der Waals surface area contributed by atoms with Crippen molar-refractivity contribution in [2.45, 2.75) is 19.1 Å². The van der Waals surface area contributed by atoms with Gasteiger partial charge in [-0.05, 0) is 19.1 Å². The number of hydrogen-bond acceptors (Lipinski definition) is 2. The number of nitrogens with one attached hydrogen (secondary N) is 1. The van der Waals surface area contributed by atoms with Gasteiger partial charge < -0.3 is 10.4 Å². The smallest absolute Gasteiger partial charge is 0.129 e. The summed E-state index contributed by atoms with van der Waals surface area (Å²) >= 11 is 0. The van der Waals surface area contributed by atoms with Gasteiger partial charge in [0.2, 0.25) is 0 Å². The zero-order valence-corrected chi connectivity index (χ0v) is 11.2. The van der Waals surface area contributed by atoms with Gasteiger partial charge in [-0.1, -0.05) is 36.4 Å². The van der Waals surface area contributed by atoms with E-state index in [1.165, 1.54) is 18.2 Å². The van der Waals surface area contributed by atoms with Crippen molar-refractivity contribution in [3.63, 3.8) is 0 Å². The highest BCUT2D eigenvalue weighted by atomic mass is 19.1. The molecule has 0 bridgehead atoms. The molecule has 2 atom stereocenters. The number of aliphatic hydroxyl groups excluding tert-OH is 1. The molecule has 20 heavy (non-hydrogen) atoms. The van der Waals surface area contributed by atoms with Crippen molar-refractivity contribution in [1.82, 2.24) is 5.32 Å². The van der Waals surface area contributed by atoms with Gasteiger partial charge in [0.1, 0.15) is 11.6 Å². The summed E-state index contributed by atoms with van der Waals surface area (Å²) in [6, 6.07) is 12.3. The van der Waals surface area contributed by atoms with Crippen molar-refractivity contribution in [3.05, 3.63) is 71.3 Å². The monoisotopic (exact) mass is 277 g/mol. The fourth-order valence-electron chi connectivity index (χ4n) is 2.08. The molecule has 0 spiro atoms. The van der Waals surface area contributed by atoms with Crippen molar-refractivity contribution >= 4 is 0 Å². The minimum absolute atomic E-state index is 0.149. The quantitative estimate of drug-likeness (QED) is 0.878. The molecular formula is C16H17F2NO. The van der Waals surface area contributed by atoms with E-state index >= 15 is 0 Å². The lowest BCUT2D eigenvalue weighted by atomic mass is 10.1. The topological polar surface area (TPSA) is 32.3 Å². The fraction of sp³-hybridized carbons (Fsp3) is 0.250. The zero-order valence-electron chi connectivity index (χ0n) is 11.2. The van der Waals surface area contributed by atoms with Crippen LogP contribution in [0.4, 0.5) is 8.78 Å². The van der Waals surface area contributed by atoms with E-state index in [2.05, 4.69) is 5.32 Å². The molecule has 0 aliphatic carbocycles. The van der Waals surface area contributed by atoms with Crippen molar-refractivity contribution < 1.29 is 13.9 Å². The Balaban J connectivity index is 1.99. The van der Waals surface area contributed by atoms with Gasteiger partial charge >= 0.3 is 0 Å². The van der Waals surface area contributed by atoms with Gasteiger partial charge in [-0.15, -0.1) is 0 Å². The Morgan fingerprint density at radius 1 is 0.950 bits per heavy atom. The first-order chi connectivity index (χ1) is 9.59. The summed E-state index contributed by atoms with van der Waals surface area (Å²) < 4.78 is 27.1. The van der Waals surface area contributed by atoms with Crippen molar-refractivity contribution in [3.8, 4) is 0 Å². The van der Waals surface area contributed by atoms with Crippen LogP contribution in [0, 0.1) is 11.6 Å². The minimum Gasteiger partial charge on any atom is -0.387 e. The van der Waals surface area contributed by atoms with Gasteiger partial charge in [-0.2, -0.15) is 0 Å². The lowest BCUT2D eigenvalue weighted by Gasteiger charge is -2.18. The van der Waals surface area contributed by atoms with E-state index < -0.39 is 11.9 Å². The Bertz CT molecular complexity index is 522. The van der Waals surface area contributed by atoms with E-state index in [0.29, 0.717) is 5.56 Å². The second kappa shape index (κ2) is 6.59. The molecule has 2 rings (SSSR count). The Hall–Kier alpha value is -1.78. The number of rotatable bonds is 5. The van der Waals surface area contributed by atoms with Crippen LogP contribution >= 0.6 is 0 Å². The van der Waals surface area contributed by atoms with Crippen LogP contribution < -0.4 is 5.32 Å². The highest BCUT2D eigenvalue weighted by Gasteiger charge is 2.15. The summed E-state index contributed by atoms with van der Waals surface area (Å²) in [6.07, 6.45) is -0.967. The SMILES string of the molecule is CC(NCC(O)c1ccccc1F)c1ccccc1F. The molecule has 0 radical (unpaired) electrons. The molecule has 2 unspecified atom stereocenters. The molecule has 2 N–H and O–H groups in total. The van der Waals surface area contributed by atoms with E-state index in [1.54, 1.807) is 37.3 Å². The summed E-state index contributed by atoms with van der Waals surface area (Å²) in [5.74, 6) is -0.742. The van der Waals surface area contributed by atoms with Crippen LogP contribution in [0.5, 0.6) is 0 Å². The maximum Gasteiger partial charge on any atom is 0.129 e. The second-order valence-corrected chi connectivity index (χ2v) is 4.69. The van der Waals surface area contributed by atoms with Gasteiger partial charge in [-0.3, -0.25) is 0 Å². The van der Waals surface area contributed by atoms with E-state index in [0.717, 1.165) is 0 Å². The first kappa shape index (κ1) is 14.6. The highest BCUT2D eigenvalue weighted by molar-refractivity contribution is 5.22. The zero-order chi connectivity index (χ0) is 14.5. The third kappa shape index (κ3) is 3.40. The fourth-order valence-corrected chi connectivity index (χ4v) is 2.08. The molecule has 0 saturated carbocycles. The third-order valence-corrected chi connectivity index (χ3v) is 3.25. The molecule has 0 aliphatic rings. The normalized spacial score (nSPS) is 14.0. The second-order valence-electron chi connectivity index (χ2n) is 4.69. The van der Waals surface area contributed by atoms with Gasteiger partial charge in [0, 0.05) is 23.7 Å². The van der Waals surface area contributed by atoms with E-state index in [-0.39, 0.29) is 24.0 Å². The Morgan fingerprint density at radius 3 is 2.00 bits per heavy atom. The Kier molecular flexibility index (Phi) is 4.82. The van der Waals surface area contributed by atoms with Crippen LogP contribution in [0.15, 0.2) is 48.5 Å². The average molecular weight is 277 g/mol. The average Bonchev–Trinajstić information content (AvgIpc) is 2.45. The lowest BCUT2D eigenvalue weighted by molar-refractivity contribution is 0.166. The van der Waals surface area contributed by atoms with Crippen LogP contribution in [0.1, 0.15) is 30.2 Å². The van der Waals surface area contributed by atoms with Crippen LogP contribution in [-0.4, -0.2) is 11.7 Å². The molecule has 0 aromatic heterocycles. The van der Waals surface area contributed by atoms with Crippen molar-refractivity contribution in [2.24, 2.45) is 0 Å². The highest BCUT2D eigenvalue weighted by Crippen LogP contribution is 2.19. The maximum absolute atomic E-state index is 13.6. The standard InChI is InChI=1S/C16H17F2NO/c1-11(12-6-2-4-8-14(12)17)19-10-16(20)13-7-3-5-9-15(13)18/h2-9,11,16,19-20H,10H2,1H3. The number of hydrogen-bond donors (Lipinski definition) is 2. The molecular weight excluding hydrogens is 260 g/mol. The molecule has 2 aromatic carbocycles. The summed E-state index contributed by atoms with van der Waals surface area (Å²) in [6.45, 7) is 1.95. The molecule has 106 valence electrons. The Morgan fingerprint density at radius 2 is 1.45 bits per heavy atom. The van der Waals surface area contributed by atoms with Crippen LogP contribution in [0.3, 0.4) is 0 Å². The van der Waals surface area contributed by atoms with Crippen molar-refractivity contribution in [1.29, 1.82) is 0 Å². The van der Waals surface area contributed by atoms with Gasteiger partial charge in [-0.25, -0.2) is 8.78 Å². The largest absolute Gasteiger partial charge is 0.387 e. The number of benzene rings is 2. The van der Waals surface area contributed by atoms with Crippen LogP contribution in [-0.2, 0) is 0 Å². The molecule has 0 aliphatic heterocycles. The number of halogens is 2. The van der Waals surface area contributed by atoms with Crippen LogP contribution in [0.25, 0.3) is 0 Å². The number of aliphatic hydroxyl groups is 1.